The van der Waals surface area contributed by atoms with Crippen molar-refractivity contribution in [3.05, 3.63) is 47.9 Å². The molecule has 102 valence electrons. The summed E-state index contributed by atoms with van der Waals surface area (Å²) < 4.78 is 5.55. The van der Waals surface area contributed by atoms with E-state index in [2.05, 4.69) is 25.5 Å². The number of anilines is 2. The molecule has 0 aromatic carbocycles. The van der Waals surface area contributed by atoms with E-state index < -0.39 is 0 Å². The van der Waals surface area contributed by atoms with Gasteiger partial charge in [-0.05, 0) is 30.7 Å². The second-order valence-corrected chi connectivity index (χ2v) is 4.29. The van der Waals surface area contributed by atoms with E-state index in [9.17, 15) is 0 Å². The van der Waals surface area contributed by atoms with E-state index >= 15 is 0 Å². The van der Waals surface area contributed by atoms with Gasteiger partial charge in [-0.2, -0.15) is 5.26 Å². The van der Waals surface area contributed by atoms with Crippen LogP contribution < -0.4 is 5.32 Å². The quantitative estimate of drug-likeness (QED) is 0.785. The normalized spacial score (nSPS) is 10.1. The zero-order valence-corrected chi connectivity index (χ0v) is 11.1. The Morgan fingerprint density at radius 1 is 1.10 bits per heavy atom. The standard InChI is InChI=1S/C14H10N6O/c1-9-2-4-11(16-7-9)12-8-17-14(21-12)18-13-5-3-10(6-15)19-20-13/h2-5,7-8H,1H3,(H,17,18,20). The number of hydrogen-bond donors (Lipinski definition) is 1. The van der Waals surface area contributed by atoms with Crippen molar-refractivity contribution >= 4 is 11.8 Å². The number of aryl methyl sites for hydroxylation is 1. The fourth-order valence-electron chi connectivity index (χ4n) is 1.63. The van der Waals surface area contributed by atoms with Crippen LogP contribution in [0.3, 0.4) is 0 Å². The number of hydrogen-bond acceptors (Lipinski definition) is 7. The minimum Gasteiger partial charge on any atom is -0.422 e. The molecule has 0 fully saturated rings. The molecule has 1 N–H and O–H groups in total. The third-order valence-electron chi connectivity index (χ3n) is 2.68. The van der Waals surface area contributed by atoms with Gasteiger partial charge in [-0.1, -0.05) is 6.07 Å². The highest BCUT2D eigenvalue weighted by Gasteiger charge is 2.08. The number of nitriles is 1. The Bertz CT molecular complexity index is 786. The van der Waals surface area contributed by atoms with E-state index in [1.54, 1.807) is 24.5 Å². The largest absolute Gasteiger partial charge is 0.422 e. The van der Waals surface area contributed by atoms with Crippen molar-refractivity contribution in [2.75, 3.05) is 5.32 Å². The molecule has 21 heavy (non-hydrogen) atoms. The molecule has 0 atom stereocenters. The SMILES string of the molecule is Cc1ccc(-c2cnc(Nc3ccc(C#N)nn3)o2)nc1. The van der Waals surface area contributed by atoms with E-state index in [1.165, 1.54) is 0 Å². The molecule has 0 aliphatic carbocycles. The van der Waals surface area contributed by atoms with Gasteiger partial charge in [0.2, 0.25) is 0 Å². The summed E-state index contributed by atoms with van der Waals surface area (Å²) in [5.74, 6) is 0.998. The van der Waals surface area contributed by atoms with E-state index in [-0.39, 0.29) is 11.7 Å². The van der Waals surface area contributed by atoms with Gasteiger partial charge in [-0.3, -0.25) is 10.3 Å². The van der Waals surface area contributed by atoms with Crippen LogP contribution in [0, 0.1) is 18.3 Å². The average molecular weight is 278 g/mol. The van der Waals surface area contributed by atoms with Gasteiger partial charge in [0.05, 0.1) is 6.20 Å². The first-order valence-corrected chi connectivity index (χ1v) is 6.14. The first kappa shape index (κ1) is 12.7. The Hall–Kier alpha value is -3.27. The molecule has 3 heterocycles. The number of rotatable bonds is 3. The monoisotopic (exact) mass is 278 g/mol. The first-order valence-electron chi connectivity index (χ1n) is 6.14. The predicted molar refractivity (Wildman–Crippen MR) is 74.5 cm³/mol. The van der Waals surface area contributed by atoms with Gasteiger partial charge < -0.3 is 4.42 Å². The highest BCUT2D eigenvalue weighted by atomic mass is 16.4. The van der Waals surface area contributed by atoms with Crippen LogP contribution >= 0.6 is 0 Å². The summed E-state index contributed by atoms with van der Waals surface area (Å²) in [5, 5.41) is 19.1. The Morgan fingerprint density at radius 2 is 2.00 bits per heavy atom. The van der Waals surface area contributed by atoms with Crippen molar-refractivity contribution in [1.29, 1.82) is 5.26 Å². The Morgan fingerprint density at radius 3 is 2.67 bits per heavy atom. The molecule has 3 aromatic rings. The molecule has 0 amide bonds. The van der Waals surface area contributed by atoms with Crippen molar-refractivity contribution < 1.29 is 4.42 Å². The number of nitrogens with one attached hydrogen (secondary N) is 1. The zero-order chi connectivity index (χ0) is 14.7. The molecule has 0 unspecified atom stereocenters. The van der Waals surface area contributed by atoms with Crippen molar-refractivity contribution in [2.24, 2.45) is 0 Å². The molecular formula is C14H10N6O. The summed E-state index contributed by atoms with van der Waals surface area (Å²) in [4.78, 5) is 8.37. The molecule has 0 bridgehead atoms. The number of pyridine rings is 1. The fourth-order valence-corrected chi connectivity index (χ4v) is 1.63. The third-order valence-corrected chi connectivity index (χ3v) is 2.68. The Balaban J connectivity index is 1.78. The zero-order valence-electron chi connectivity index (χ0n) is 11.1. The van der Waals surface area contributed by atoms with E-state index in [0.717, 1.165) is 5.56 Å². The molecule has 7 heteroatoms. The van der Waals surface area contributed by atoms with Gasteiger partial charge in [0.25, 0.3) is 0 Å². The van der Waals surface area contributed by atoms with Crippen LogP contribution in [0.1, 0.15) is 11.3 Å². The van der Waals surface area contributed by atoms with Gasteiger partial charge in [-0.25, -0.2) is 4.98 Å². The highest BCUT2D eigenvalue weighted by molar-refractivity contribution is 5.54. The van der Waals surface area contributed by atoms with E-state index in [0.29, 0.717) is 17.3 Å². The van der Waals surface area contributed by atoms with Crippen LogP contribution in [0.25, 0.3) is 11.5 Å². The van der Waals surface area contributed by atoms with Crippen molar-refractivity contribution in [1.82, 2.24) is 20.2 Å². The van der Waals surface area contributed by atoms with Crippen LogP contribution in [0.15, 0.2) is 41.1 Å². The summed E-state index contributed by atoms with van der Waals surface area (Å²) in [6, 6.07) is 9.17. The van der Waals surface area contributed by atoms with Crippen LogP contribution in [-0.2, 0) is 0 Å². The number of aromatic nitrogens is 4. The second kappa shape index (κ2) is 5.38. The lowest BCUT2D eigenvalue weighted by molar-refractivity contribution is 0.589. The summed E-state index contributed by atoms with van der Waals surface area (Å²) in [5.41, 5.74) is 2.02. The summed E-state index contributed by atoms with van der Waals surface area (Å²) in [6.45, 7) is 1.97. The van der Waals surface area contributed by atoms with Crippen molar-refractivity contribution in [2.45, 2.75) is 6.92 Å². The summed E-state index contributed by atoms with van der Waals surface area (Å²) >= 11 is 0. The molecule has 0 saturated carbocycles. The van der Waals surface area contributed by atoms with Crippen LogP contribution in [0.2, 0.25) is 0 Å². The molecule has 0 aliphatic heterocycles. The fraction of sp³-hybridized carbons (Fsp3) is 0.0714. The van der Waals surface area contributed by atoms with Crippen molar-refractivity contribution in [3.8, 4) is 17.5 Å². The van der Waals surface area contributed by atoms with E-state index in [4.69, 9.17) is 9.68 Å². The molecule has 3 rings (SSSR count). The lowest BCUT2D eigenvalue weighted by Crippen LogP contribution is -1.96. The van der Waals surface area contributed by atoms with Crippen molar-refractivity contribution in [3.63, 3.8) is 0 Å². The molecule has 3 aromatic heterocycles. The maximum absolute atomic E-state index is 8.66. The molecule has 0 spiro atoms. The first-order chi connectivity index (χ1) is 10.2. The van der Waals surface area contributed by atoms with Gasteiger partial charge in [0, 0.05) is 6.20 Å². The lowest BCUT2D eigenvalue weighted by atomic mass is 10.2. The Kier molecular flexibility index (Phi) is 3.27. The summed E-state index contributed by atoms with van der Waals surface area (Å²) in [6.07, 6.45) is 3.34. The Labute approximate surface area is 120 Å². The predicted octanol–water partition coefficient (Wildman–Crippen LogP) is 2.45. The molecule has 0 saturated heterocycles. The van der Waals surface area contributed by atoms with Gasteiger partial charge in [0.15, 0.2) is 17.3 Å². The topological polar surface area (TPSA) is 101 Å². The van der Waals surface area contributed by atoms with Crippen LogP contribution in [-0.4, -0.2) is 20.2 Å². The van der Waals surface area contributed by atoms with Gasteiger partial charge in [0.1, 0.15) is 11.8 Å². The molecular weight excluding hydrogens is 268 g/mol. The minimum atomic E-state index is 0.248. The number of oxazole rings is 1. The lowest BCUT2D eigenvalue weighted by Gasteiger charge is -1.99. The maximum Gasteiger partial charge on any atom is 0.300 e. The van der Waals surface area contributed by atoms with Crippen LogP contribution in [0.5, 0.6) is 0 Å². The molecule has 0 radical (unpaired) electrons. The maximum atomic E-state index is 8.66. The van der Waals surface area contributed by atoms with Gasteiger partial charge >= 0.3 is 6.01 Å². The second-order valence-electron chi connectivity index (χ2n) is 4.29. The third kappa shape index (κ3) is 2.84. The van der Waals surface area contributed by atoms with Crippen LogP contribution in [0.4, 0.5) is 11.8 Å². The number of nitrogens with zero attached hydrogens (tertiary/aromatic N) is 5. The minimum absolute atomic E-state index is 0.248. The highest BCUT2D eigenvalue weighted by Crippen LogP contribution is 2.22. The van der Waals surface area contributed by atoms with Gasteiger partial charge in [-0.15, -0.1) is 10.2 Å². The smallest absolute Gasteiger partial charge is 0.300 e. The molecule has 0 aliphatic rings. The van der Waals surface area contributed by atoms with E-state index in [1.807, 2.05) is 25.1 Å². The average Bonchev–Trinajstić information content (AvgIpc) is 2.97. The molecule has 7 nitrogen and oxygen atoms in total. The summed E-state index contributed by atoms with van der Waals surface area (Å²) in [7, 11) is 0.